The molecule has 0 fully saturated rings. The number of benzene rings is 1. The van der Waals surface area contributed by atoms with Crippen LogP contribution in [0, 0.1) is 5.92 Å². The van der Waals surface area contributed by atoms with Crippen molar-refractivity contribution in [3.8, 4) is 5.75 Å². The summed E-state index contributed by atoms with van der Waals surface area (Å²) >= 11 is 12.5. The number of carbonyl (C=O) groups excluding carboxylic acids is 2. The van der Waals surface area contributed by atoms with E-state index in [2.05, 4.69) is 4.99 Å². The zero-order valence-corrected chi connectivity index (χ0v) is 17.3. The number of hydrogen-bond donors (Lipinski definition) is 0. The van der Waals surface area contributed by atoms with E-state index in [4.69, 9.17) is 37.4 Å². The molecule has 0 saturated carbocycles. The fraction of sp³-hybridized carbons (Fsp3) is 0.421. The van der Waals surface area contributed by atoms with Crippen molar-refractivity contribution in [1.82, 2.24) is 0 Å². The molecule has 0 amide bonds. The van der Waals surface area contributed by atoms with E-state index in [9.17, 15) is 9.59 Å². The number of methoxy groups -OCH3 is 2. The standard InChI is InChI=1S/C19H21Cl2NO5/c1-6-27-19(24)15-10(3)22-9(2)14(18(23)26-5)16(15)12-7-11(20)8-13(21)17(12)25-4/h7-8,14,16H,6H2,1-5H3/t14-,16+/m1/s1. The van der Waals surface area contributed by atoms with Crippen LogP contribution in [0.15, 0.2) is 28.4 Å². The smallest absolute Gasteiger partial charge is 0.336 e. The molecule has 0 aromatic heterocycles. The van der Waals surface area contributed by atoms with Gasteiger partial charge in [-0.15, -0.1) is 0 Å². The van der Waals surface area contributed by atoms with Gasteiger partial charge in [-0.05, 0) is 32.9 Å². The number of carbonyl (C=O) groups is 2. The van der Waals surface area contributed by atoms with Gasteiger partial charge in [0.05, 0.1) is 31.4 Å². The van der Waals surface area contributed by atoms with E-state index < -0.39 is 23.8 Å². The molecule has 0 bridgehead atoms. The van der Waals surface area contributed by atoms with Crippen LogP contribution in [0.2, 0.25) is 10.0 Å². The van der Waals surface area contributed by atoms with Gasteiger partial charge >= 0.3 is 11.9 Å². The Labute approximate surface area is 168 Å². The second-order valence-corrected chi connectivity index (χ2v) is 6.80. The Morgan fingerprint density at radius 3 is 2.41 bits per heavy atom. The van der Waals surface area contributed by atoms with E-state index in [0.29, 0.717) is 27.7 Å². The Morgan fingerprint density at radius 1 is 1.19 bits per heavy atom. The maximum atomic E-state index is 12.7. The van der Waals surface area contributed by atoms with Crippen LogP contribution in [0.4, 0.5) is 0 Å². The van der Waals surface area contributed by atoms with E-state index in [1.54, 1.807) is 26.8 Å². The molecule has 146 valence electrons. The summed E-state index contributed by atoms with van der Waals surface area (Å²) in [6, 6.07) is 3.15. The van der Waals surface area contributed by atoms with Crippen LogP contribution in [0.3, 0.4) is 0 Å². The second kappa shape index (κ2) is 8.76. The number of ether oxygens (including phenoxy) is 3. The Hall–Kier alpha value is -2.05. The van der Waals surface area contributed by atoms with Gasteiger partial charge < -0.3 is 14.2 Å². The minimum absolute atomic E-state index is 0.182. The highest BCUT2D eigenvalue weighted by atomic mass is 35.5. The highest BCUT2D eigenvalue weighted by Crippen LogP contribution is 2.46. The first-order chi connectivity index (χ1) is 12.8. The number of halogens is 2. The van der Waals surface area contributed by atoms with Crippen molar-refractivity contribution in [2.75, 3.05) is 20.8 Å². The summed E-state index contributed by atoms with van der Waals surface area (Å²) in [5.41, 5.74) is 1.70. The lowest BCUT2D eigenvalue weighted by Gasteiger charge is -2.32. The zero-order chi connectivity index (χ0) is 20.3. The molecule has 1 aliphatic heterocycles. The number of nitrogens with zero attached hydrogens (tertiary/aromatic N) is 1. The van der Waals surface area contributed by atoms with Crippen LogP contribution in [-0.4, -0.2) is 38.5 Å². The Balaban J connectivity index is 2.81. The number of hydrogen-bond acceptors (Lipinski definition) is 6. The second-order valence-electron chi connectivity index (χ2n) is 5.96. The number of esters is 2. The van der Waals surface area contributed by atoms with Gasteiger partial charge in [0.2, 0.25) is 0 Å². The summed E-state index contributed by atoms with van der Waals surface area (Å²) in [5, 5.41) is 0.616. The molecule has 0 radical (unpaired) electrons. The third-order valence-electron chi connectivity index (χ3n) is 4.36. The SMILES string of the molecule is CCOC(=O)C1=C(C)N=C(C)[C@@H](C(=O)OC)[C@@H]1c1cc(Cl)cc(Cl)c1OC. The summed E-state index contributed by atoms with van der Waals surface area (Å²) in [7, 11) is 2.74. The summed E-state index contributed by atoms with van der Waals surface area (Å²) < 4.78 is 15.6. The largest absolute Gasteiger partial charge is 0.495 e. The molecule has 8 heteroatoms. The first-order valence-electron chi connectivity index (χ1n) is 8.30. The first kappa shape index (κ1) is 21.3. The van der Waals surface area contributed by atoms with Gasteiger partial charge in [-0.1, -0.05) is 23.2 Å². The fourth-order valence-corrected chi connectivity index (χ4v) is 3.89. The fourth-order valence-electron chi connectivity index (χ4n) is 3.31. The quantitative estimate of drug-likeness (QED) is 0.676. The number of allylic oxidation sites excluding steroid dienone is 1. The van der Waals surface area contributed by atoms with Gasteiger partial charge in [0.25, 0.3) is 0 Å². The van der Waals surface area contributed by atoms with Crippen molar-refractivity contribution in [3.63, 3.8) is 0 Å². The molecule has 0 spiro atoms. The van der Waals surface area contributed by atoms with Crippen LogP contribution < -0.4 is 4.74 Å². The molecule has 1 aliphatic rings. The van der Waals surface area contributed by atoms with Gasteiger partial charge in [-0.2, -0.15) is 0 Å². The third kappa shape index (κ3) is 4.12. The average molecular weight is 414 g/mol. The average Bonchev–Trinajstić information content (AvgIpc) is 2.59. The van der Waals surface area contributed by atoms with Crippen molar-refractivity contribution in [3.05, 3.63) is 39.0 Å². The van der Waals surface area contributed by atoms with Crippen LogP contribution in [0.1, 0.15) is 32.3 Å². The summed E-state index contributed by atoms with van der Waals surface area (Å²) in [4.78, 5) is 29.7. The molecule has 27 heavy (non-hydrogen) atoms. The lowest BCUT2D eigenvalue weighted by atomic mass is 9.75. The highest BCUT2D eigenvalue weighted by Gasteiger charge is 2.43. The number of rotatable bonds is 5. The van der Waals surface area contributed by atoms with E-state index in [1.807, 2.05) is 0 Å². The molecule has 2 rings (SSSR count). The molecule has 6 nitrogen and oxygen atoms in total. The van der Waals surface area contributed by atoms with Gasteiger partial charge in [-0.25, -0.2) is 4.79 Å². The molecule has 1 heterocycles. The molecule has 0 saturated heterocycles. The maximum Gasteiger partial charge on any atom is 0.336 e. The summed E-state index contributed by atoms with van der Waals surface area (Å²) in [6.07, 6.45) is 0. The lowest BCUT2D eigenvalue weighted by molar-refractivity contribution is -0.144. The van der Waals surface area contributed by atoms with E-state index in [1.165, 1.54) is 20.3 Å². The normalized spacial score (nSPS) is 19.4. The van der Waals surface area contributed by atoms with E-state index in [0.717, 1.165) is 0 Å². The zero-order valence-electron chi connectivity index (χ0n) is 15.8. The van der Waals surface area contributed by atoms with Crippen molar-refractivity contribution in [2.24, 2.45) is 10.9 Å². The van der Waals surface area contributed by atoms with Crippen LogP contribution in [0.5, 0.6) is 5.75 Å². The molecular weight excluding hydrogens is 393 g/mol. The Morgan fingerprint density at radius 2 is 1.85 bits per heavy atom. The Bertz CT molecular complexity index is 832. The van der Waals surface area contributed by atoms with E-state index in [-0.39, 0.29) is 17.2 Å². The van der Waals surface area contributed by atoms with Crippen LogP contribution in [-0.2, 0) is 19.1 Å². The lowest BCUT2D eigenvalue weighted by Crippen LogP contribution is -2.36. The molecule has 1 aromatic rings. The van der Waals surface area contributed by atoms with Crippen molar-refractivity contribution in [1.29, 1.82) is 0 Å². The molecule has 0 unspecified atom stereocenters. The van der Waals surface area contributed by atoms with Crippen LogP contribution >= 0.6 is 23.2 Å². The van der Waals surface area contributed by atoms with Crippen molar-refractivity contribution < 1.29 is 23.8 Å². The molecular formula is C19H21Cl2NO5. The monoisotopic (exact) mass is 413 g/mol. The molecule has 2 atom stereocenters. The van der Waals surface area contributed by atoms with Crippen molar-refractivity contribution >= 4 is 40.9 Å². The predicted octanol–water partition coefficient (Wildman–Crippen LogP) is 4.19. The molecule has 1 aromatic carbocycles. The van der Waals surface area contributed by atoms with Gasteiger partial charge in [0, 0.05) is 27.9 Å². The van der Waals surface area contributed by atoms with E-state index >= 15 is 0 Å². The predicted molar refractivity (Wildman–Crippen MR) is 104 cm³/mol. The van der Waals surface area contributed by atoms with Gasteiger partial charge in [0.1, 0.15) is 11.7 Å². The number of aliphatic imine (C=N–C) groups is 1. The molecule has 0 N–H and O–H groups in total. The van der Waals surface area contributed by atoms with Gasteiger partial charge in [-0.3, -0.25) is 9.79 Å². The Kier molecular flexibility index (Phi) is 6.89. The van der Waals surface area contributed by atoms with Crippen molar-refractivity contribution in [2.45, 2.75) is 26.7 Å². The molecule has 0 aliphatic carbocycles. The summed E-state index contributed by atoms with van der Waals surface area (Å²) in [5.74, 6) is -2.39. The topological polar surface area (TPSA) is 74.2 Å². The van der Waals surface area contributed by atoms with Crippen LogP contribution in [0.25, 0.3) is 0 Å². The summed E-state index contributed by atoms with van der Waals surface area (Å²) in [6.45, 7) is 5.28. The first-order valence-corrected chi connectivity index (χ1v) is 9.06. The third-order valence-corrected chi connectivity index (χ3v) is 4.85. The van der Waals surface area contributed by atoms with Gasteiger partial charge in [0.15, 0.2) is 0 Å². The minimum Gasteiger partial charge on any atom is -0.495 e. The maximum absolute atomic E-state index is 12.7. The highest BCUT2D eigenvalue weighted by molar-refractivity contribution is 6.35. The minimum atomic E-state index is -0.846.